The van der Waals surface area contributed by atoms with Crippen LogP contribution in [0.2, 0.25) is 5.02 Å². The second-order valence-corrected chi connectivity index (χ2v) is 5.98. The van der Waals surface area contributed by atoms with Gasteiger partial charge in [0, 0.05) is 30.3 Å². The molecule has 2 N–H and O–H groups in total. The third-order valence-electron chi connectivity index (χ3n) is 3.31. The fourth-order valence-corrected chi connectivity index (χ4v) is 2.47. The quantitative estimate of drug-likeness (QED) is 0.873. The summed E-state index contributed by atoms with van der Waals surface area (Å²) in [5.41, 5.74) is 2.11. The summed E-state index contributed by atoms with van der Waals surface area (Å²) in [6, 6.07) is 6.03. The lowest BCUT2D eigenvalue weighted by Crippen LogP contribution is -2.47. The molecular weight excluding hydrogens is 274 g/mol. The molecule has 1 saturated heterocycles. The van der Waals surface area contributed by atoms with E-state index in [4.69, 9.17) is 11.6 Å². The van der Waals surface area contributed by atoms with Crippen molar-refractivity contribution in [2.24, 2.45) is 5.92 Å². The van der Waals surface area contributed by atoms with Gasteiger partial charge in [-0.3, -0.25) is 4.79 Å². The van der Waals surface area contributed by atoms with E-state index in [1.165, 1.54) is 0 Å². The van der Waals surface area contributed by atoms with Crippen LogP contribution in [-0.2, 0) is 11.3 Å². The second-order valence-electron chi connectivity index (χ2n) is 5.57. The van der Waals surface area contributed by atoms with E-state index < -0.39 is 0 Å². The van der Waals surface area contributed by atoms with Gasteiger partial charge in [-0.1, -0.05) is 31.5 Å². The van der Waals surface area contributed by atoms with Crippen molar-refractivity contribution in [3.05, 3.63) is 28.8 Å². The highest BCUT2D eigenvalue weighted by Crippen LogP contribution is 2.24. The van der Waals surface area contributed by atoms with E-state index in [0.29, 0.717) is 19.0 Å². The predicted molar refractivity (Wildman–Crippen MR) is 83.2 cm³/mol. The van der Waals surface area contributed by atoms with E-state index in [1.807, 2.05) is 18.2 Å². The summed E-state index contributed by atoms with van der Waals surface area (Å²) >= 11 is 6.33. The van der Waals surface area contributed by atoms with Crippen molar-refractivity contribution < 1.29 is 4.79 Å². The van der Waals surface area contributed by atoms with Crippen molar-refractivity contribution in [3.63, 3.8) is 0 Å². The first-order valence-electron chi connectivity index (χ1n) is 7.07. The van der Waals surface area contributed by atoms with E-state index in [2.05, 4.69) is 29.4 Å². The van der Waals surface area contributed by atoms with Gasteiger partial charge in [-0.25, -0.2) is 0 Å². The standard InChI is InChI=1S/C15H22ClN3O/c1-11(2)8-17-9-12-3-4-13(7-14(12)16)19-6-5-18-15(20)10-19/h3-4,7,11,17H,5-6,8-10H2,1-2H3,(H,18,20). The molecule has 0 aliphatic carbocycles. The molecule has 2 rings (SSSR count). The summed E-state index contributed by atoms with van der Waals surface area (Å²) in [7, 11) is 0. The van der Waals surface area contributed by atoms with Crippen LogP contribution in [0, 0.1) is 5.92 Å². The van der Waals surface area contributed by atoms with Crippen molar-refractivity contribution >= 4 is 23.2 Å². The Kier molecular flexibility index (Phi) is 5.26. The summed E-state index contributed by atoms with van der Waals surface area (Å²) in [5, 5.41) is 6.96. The van der Waals surface area contributed by atoms with Gasteiger partial charge in [-0.05, 0) is 30.2 Å². The minimum atomic E-state index is 0.0649. The fourth-order valence-electron chi connectivity index (χ4n) is 2.23. The number of piperazine rings is 1. The van der Waals surface area contributed by atoms with Crippen LogP contribution in [-0.4, -0.2) is 32.1 Å². The van der Waals surface area contributed by atoms with Gasteiger partial charge in [-0.15, -0.1) is 0 Å². The molecule has 0 spiro atoms. The van der Waals surface area contributed by atoms with Crippen LogP contribution in [0.1, 0.15) is 19.4 Å². The lowest BCUT2D eigenvalue weighted by molar-refractivity contribution is -0.120. The van der Waals surface area contributed by atoms with Crippen molar-refractivity contribution in [2.75, 3.05) is 31.1 Å². The summed E-state index contributed by atoms with van der Waals surface area (Å²) in [6.07, 6.45) is 0. The van der Waals surface area contributed by atoms with Crippen LogP contribution >= 0.6 is 11.6 Å². The Morgan fingerprint density at radius 3 is 2.90 bits per heavy atom. The fraction of sp³-hybridized carbons (Fsp3) is 0.533. The maximum Gasteiger partial charge on any atom is 0.239 e. The van der Waals surface area contributed by atoms with Gasteiger partial charge >= 0.3 is 0 Å². The molecule has 1 aliphatic heterocycles. The van der Waals surface area contributed by atoms with Gasteiger partial charge < -0.3 is 15.5 Å². The molecule has 0 radical (unpaired) electrons. The number of halogens is 1. The molecule has 20 heavy (non-hydrogen) atoms. The van der Waals surface area contributed by atoms with Crippen LogP contribution in [0.3, 0.4) is 0 Å². The molecule has 1 aromatic carbocycles. The molecule has 1 heterocycles. The zero-order chi connectivity index (χ0) is 14.5. The zero-order valence-corrected chi connectivity index (χ0v) is 12.8. The number of nitrogens with zero attached hydrogens (tertiary/aromatic N) is 1. The topological polar surface area (TPSA) is 44.4 Å². The Morgan fingerprint density at radius 1 is 1.45 bits per heavy atom. The summed E-state index contributed by atoms with van der Waals surface area (Å²) in [4.78, 5) is 13.5. The number of amides is 1. The minimum Gasteiger partial charge on any atom is -0.360 e. The molecule has 0 saturated carbocycles. The van der Waals surface area contributed by atoms with Gasteiger partial charge in [0.2, 0.25) is 5.91 Å². The van der Waals surface area contributed by atoms with Crippen LogP contribution < -0.4 is 15.5 Å². The average molecular weight is 296 g/mol. The molecule has 4 nitrogen and oxygen atoms in total. The van der Waals surface area contributed by atoms with Crippen LogP contribution in [0.25, 0.3) is 0 Å². The smallest absolute Gasteiger partial charge is 0.239 e. The van der Waals surface area contributed by atoms with Crippen molar-refractivity contribution in [2.45, 2.75) is 20.4 Å². The van der Waals surface area contributed by atoms with Gasteiger partial charge in [0.05, 0.1) is 6.54 Å². The number of rotatable bonds is 5. The predicted octanol–water partition coefficient (Wildman–Crippen LogP) is 2.02. The Labute approximate surface area is 125 Å². The molecule has 0 aromatic heterocycles. The minimum absolute atomic E-state index is 0.0649. The largest absolute Gasteiger partial charge is 0.360 e. The molecule has 1 aliphatic rings. The average Bonchev–Trinajstić information content (AvgIpc) is 2.40. The SMILES string of the molecule is CC(C)CNCc1ccc(N2CCNC(=O)C2)cc1Cl. The highest BCUT2D eigenvalue weighted by Gasteiger charge is 2.17. The first-order chi connectivity index (χ1) is 9.56. The van der Waals surface area contributed by atoms with Gasteiger partial charge in [0.25, 0.3) is 0 Å². The summed E-state index contributed by atoms with van der Waals surface area (Å²) < 4.78 is 0. The van der Waals surface area contributed by atoms with E-state index in [1.54, 1.807) is 0 Å². The van der Waals surface area contributed by atoms with Crippen LogP contribution in [0.15, 0.2) is 18.2 Å². The van der Waals surface area contributed by atoms with Gasteiger partial charge in [-0.2, -0.15) is 0 Å². The van der Waals surface area contributed by atoms with Gasteiger partial charge in [0.1, 0.15) is 0 Å². The van der Waals surface area contributed by atoms with Crippen molar-refractivity contribution in [1.29, 1.82) is 0 Å². The number of anilines is 1. The second kappa shape index (κ2) is 6.95. The lowest BCUT2D eigenvalue weighted by atomic mass is 10.1. The van der Waals surface area contributed by atoms with Crippen molar-refractivity contribution in [3.8, 4) is 0 Å². The molecular formula is C15H22ClN3O. The first-order valence-corrected chi connectivity index (χ1v) is 7.45. The Bertz CT molecular complexity index is 476. The van der Waals surface area contributed by atoms with E-state index in [0.717, 1.165) is 35.9 Å². The normalized spacial score (nSPS) is 15.6. The number of hydrogen-bond donors (Lipinski definition) is 2. The Balaban J connectivity index is 1.99. The third kappa shape index (κ3) is 4.12. The molecule has 0 atom stereocenters. The Hall–Kier alpha value is -1.26. The molecule has 110 valence electrons. The third-order valence-corrected chi connectivity index (χ3v) is 3.66. The monoisotopic (exact) mass is 295 g/mol. The van der Waals surface area contributed by atoms with E-state index in [-0.39, 0.29) is 5.91 Å². The molecule has 1 aromatic rings. The Morgan fingerprint density at radius 2 is 2.25 bits per heavy atom. The highest BCUT2D eigenvalue weighted by atomic mass is 35.5. The molecule has 1 amide bonds. The van der Waals surface area contributed by atoms with Crippen molar-refractivity contribution in [1.82, 2.24) is 10.6 Å². The number of carbonyl (C=O) groups excluding carboxylic acids is 1. The number of benzene rings is 1. The highest BCUT2D eigenvalue weighted by molar-refractivity contribution is 6.31. The maximum absolute atomic E-state index is 11.4. The van der Waals surface area contributed by atoms with E-state index in [9.17, 15) is 4.79 Å². The number of hydrogen-bond acceptors (Lipinski definition) is 3. The van der Waals surface area contributed by atoms with E-state index >= 15 is 0 Å². The number of nitrogens with one attached hydrogen (secondary N) is 2. The zero-order valence-electron chi connectivity index (χ0n) is 12.1. The van der Waals surface area contributed by atoms with Gasteiger partial charge in [0.15, 0.2) is 0 Å². The summed E-state index contributed by atoms with van der Waals surface area (Å²) in [5.74, 6) is 0.690. The first kappa shape index (κ1) is 15.1. The lowest BCUT2D eigenvalue weighted by Gasteiger charge is -2.29. The molecule has 1 fully saturated rings. The maximum atomic E-state index is 11.4. The van der Waals surface area contributed by atoms with Crippen LogP contribution in [0.5, 0.6) is 0 Å². The molecule has 5 heteroatoms. The molecule has 0 unspecified atom stereocenters. The van der Waals surface area contributed by atoms with Crippen LogP contribution in [0.4, 0.5) is 5.69 Å². The summed E-state index contributed by atoms with van der Waals surface area (Å²) in [6.45, 7) is 8.03. The molecule has 0 bridgehead atoms. The number of carbonyl (C=O) groups is 1.